The molecule has 120 valence electrons. The van der Waals surface area contributed by atoms with Crippen molar-refractivity contribution in [2.24, 2.45) is 0 Å². The maximum atomic E-state index is 5.55. The lowest BCUT2D eigenvalue weighted by molar-refractivity contribution is 0.0205. The summed E-state index contributed by atoms with van der Waals surface area (Å²) in [6, 6.07) is 0. The number of rotatable bonds is 0. The van der Waals surface area contributed by atoms with Crippen molar-refractivity contribution in [1.29, 1.82) is 0 Å². The molecule has 0 saturated carbocycles. The molecule has 0 unspecified atom stereocenters. The summed E-state index contributed by atoms with van der Waals surface area (Å²) in [7, 11) is 0. The highest BCUT2D eigenvalue weighted by molar-refractivity contribution is 7.99. The van der Waals surface area contributed by atoms with Crippen LogP contribution in [0, 0.1) is 3.14 Å². The highest BCUT2D eigenvalue weighted by atomic mass is 32.2. The predicted molar refractivity (Wildman–Crippen MR) is 97.8 cm³/mol. The minimum absolute atomic E-state index is 0.652. The molecule has 0 radical (unpaired) electrons. The monoisotopic (exact) mass is 384 g/mol. The van der Waals surface area contributed by atoms with Gasteiger partial charge in [-0.1, -0.05) is 12.2 Å². The summed E-state index contributed by atoms with van der Waals surface area (Å²) in [6.45, 7) is 4.20. The number of thioether (sulfide) groups is 2. The molecule has 1 aliphatic rings. The van der Waals surface area contributed by atoms with Crippen LogP contribution in [0.4, 0.5) is 0 Å². The first-order valence-electron chi connectivity index (χ1n) is 6.86. The van der Waals surface area contributed by atoms with Gasteiger partial charge in [0.2, 0.25) is 0 Å². The SMILES string of the molecule is S=c1sc2c(s1)CSCCOCCOCCOCCSC2. The lowest BCUT2D eigenvalue weighted by Gasteiger charge is -2.06. The summed E-state index contributed by atoms with van der Waals surface area (Å²) in [5.74, 6) is 4.13. The molecule has 0 amide bonds. The first kappa shape index (κ1) is 18.2. The van der Waals surface area contributed by atoms with Crippen LogP contribution in [0.25, 0.3) is 0 Å². The molecular formula is C13H20O3S5. The summed E-state index contributed by atoms with van der Waals surface area (Å²) in [5.41, 5.74) is 0. The van der Waals surface area contributed by atoms with E-state index in [1.807, 2.05) is 23.5 Å². The molecule has 2 rings (SSSR count). The van der Waals surface area contributed by atoms with Crippen molar-refractivity contribution < 1.29 is 14.2 Å². The maximum absolute atomic E-state index is 5.55. The normalized spacial score (nSPS) is 20.6. The van der Waals surface area contributed by atoms with Crippen molar-refractivity contribution in [1.82, 2.24) is 0 Å². The Hall–Kier alpha value is 0.850. The van der Waals surface area contributed by atoms with Crippen LogP contribution in [0.2, 0.25) is 0 Å². The third-order valence-corrected chi connectivity index (χ3v) is 7.68. The van der Waals surface area contributed by atoms with Crippen LogP contribution in [0.3, 0.4) is 0 Å². The van der Waals surface area contributed by atoms with E-state index in [2.05, 4.69) is 0 Å². The van der Waals surface area contributed by atoms with Crippen LogP contribution in [0.15, 0.2) is 0 Å². The molecule has 0 fully saturated rings. The van der Waals surface area contributed by atoms with Crippen LogP contribution in [-0.4, -0.2) is 51.1 Å². The summed E-state index contributed by atoms with van der Waals surface area (Å²) in [5, 5.41) is 0. The van der Waals surface area contributed by atoms with E-state index in [4.69, 9.17) is 26.4 Å². The Labute approximate surface area is 147 Å². The molecule has 0 aliphatic carbocycles. The zero-order valence-electron chi connectivity index (χ0n) is 11.8. The molecular weight excluding hydrogens is 364 g/mol. The van der Waals surface area contributed by atoms with Gasteiger partial charge < -0.3 is 14.2 Å². The van der Waals surface area contributed by atoms with Gasteiger partial charge in [-0.15, -0.1) is 22.7 Å². The Bertz CT molecular complexity index is 409. The smallest absolute Gasteiger partial charge is 0.144 e. The fourth-order valence-electron chi connectivity index (χ4n) is 1.66. The molecule has 3 nitrogen and oxygen atoms in total. The van der Waals surface area contributed by atoms with Gasteiger partial charge in [-0.2, -0.15) is 23.5 Å². The van der Waals surface area contributed by atoms with Gasteiger partial charge in [-0.25, -0.2) is 0 Å². The van der Waals surface area contributed by atoms with E-state index >= 15 is 0 Å². The summed E-state index contributed by atoms with van der Waals surface area (Å²) >= 11 is 12.7. The molecule has 8 heteroatoms. The first-order chi connectivity index (χ1) is 10.4. The van der Waals surface area contributed by atoms with Gasteiger partial charge in [-0.3, -0.25) is 0 Å². The Morgan fingerprint density at radius 2 is 1.10 bits per heavy atom. The molecule has 0 bridgehead atoms. The Kier molecular flexibility index (Phi) is 9.87. The minimum atomic E-state index is 0.652. The average molecular weight is 385 g/mol. The summed E-state index contributed by atoms with van der Waals surface area (Å²) < 4.78 is 17.6. The summed E-state index contributed by atoms with van der Waals surface area (Å²) in [6.07, 6.45) is 0. The number of hydrogen-bond acceptors (Lipinski definition) is 8. The molecule has 1 aliphatic heterocycles. The maximum Gasteiger partial charge on any atom is 0.144 e. The van der Waals surface area contributed by atoms with Crippen LogP contribution < -0.4 is 0 Å². The lowest BCUT2D eigenvalue weighted by Crippen LogP contribution is -2.11. The van der Waals surface area contributed by atoms with Crippen LogP contribution >= 0.6 is 58.4 Å². The van der Waals surface area contributed by atoms with E-state index in [9.17, 15) is 0 Å². The van der Waals surface area contributed by atoms with E-state index in [1.165, 1.54) is 9.75 Å². The molecule has 1 aromatic heterocycles. The third-order valence-electron chi connectivity index (χ3n) is 2.68. The molecule has 1 aromatic rings. The molecule has 0 spiro atoms. The highest BCUT2D eigenvalue weighted by Crippen LogP contribution is 2.31. The fourth-order valence-corrected chi connectivity index (χ4v) is 6.69. The van der Waals surface area contributed by atoms with E-state index < -0.39 is 0 Å². The van der Waals surface area contributed by atoms with Gasteiger partial charge in [0.25, 0.3) is 0 Å². The molecule has 0 saturated heterocycles. The summed E-state index contributed by atoms with van der Waals surface area (Å²) in [4.78, 5) is 2.88. The zero-order valence-corrected chi connectivity index (χ0v) is 15.9. The second-order valence-electron chi connectivity index (χ2n) is 4.24. The van der Waals surface area contributed by atoms with Crippen molar-refractivity contribution in [3.8, 4) is 0 Å². The Morgan fingerprint density at radius 1 is 0.667 bits per heavy atom. The number of fused-ring (bicyclic) bond motifs is 1. The van der Waals surface area contributed by atoms with Crippen molar-refractivity contribution in [3.63, 3.8) is 0 Å². The van der Waals surface area contributed by atoms with E-state index in [0.717, 1.165) is 39.4 Å². The van der Waals surface area contributed by atoms with Gasteiger partial charge in [-0.05, 0) is 0 Å². The number of hydrogen-bond donors (Lipinski definition) is 0. The van der Waals surface area contributed by atoms with Crippen molar-refractivity contribution >= 4 is 58.4 Å². The van der Waals surface area contributed by atoms with Gasteiger partial charge in [0.05, 0.1) is 39.6 Å². The fraction of sp³-hybridized carbons (Fsp3) is 0.769. The van der Waals surface area contributed by atoms with Gasteiger partial charge >= 0.3 is 0 Å². The second-order valence-corrected chi connectivity index (χ2v) is 9.85. The van der Waals surface area contributed by atoms with Crippen molar-refractivity contribution in [2.45, 2.75) is 11.5 Å². The minimum Gasteiger partial charge on any atom is -0.378 e. The molecule has 0 aromatic carbocycles. The van der Waals surface area contributed by atoms with Crippen molar-refractivity contribution in [2.75, 3.05) is 51.1 Å². The van der Waals surface area contributed by atoms with E-state index in [-0.39, 0.29) is 0 Å². The molecule has 2 heterocycles. The zero-order chi connectivity index (χ0) is 14.8. The average Bonchev–Trinajstić information content (AvgIpc) is 2.82. The standard InChI is InChI=1S/C13H20O3S5/c17-13-20-11-9-18-7-5-15-3-1-14-2-4-16-6-8-19-10-12(11)21-13/h1-10H2. The van der Waals surface area contributed by atoms with Gasteiger partial charge in [0, 0.05) is 32.8 Å². The van der Waals surface area contributed by atoms with Crippen LogP contribution in [-0.2, 0) is 25.7 Å². The Balaban J connectivity index is 1.83. The van der Waals surface area contributed by atoms with Crippen molar-refractivity contribution in [3.05, 3.63) is 12.9 Å². The topological polar surface area (TPSA) is 27.7 Å². The van der Waals surface area contributed by atoms with Crippen LogP contribution in [0.5, 0.6) is 0 Å². The van der Waals surface area contributed by atoms with E-state index in [0.29, 0.717) is 26.4 Å². The first-order valence-corrected chi connectivity index (χ1v) is 11.2. The molecule has 0 N–H and O–H groups in total. The molecule has 21 heavy (non-hydrogen) atoms. The largest absolute Gasteiger partial charge is 0.378 e. The lowest BCUT2D eigenvalue weighted by atomic mass is 10.5. The predicted octanol–water partition coefficient (Wildman–Crippen LogP) is 4.07. The van der Waals surface area contributed by atoms with Crippen LogP contribution in [0.1, 0.15) is 9.75 Å². The third kappa shape index (κ3) is 7.78. The Morgan fingerprint density at radius 3 is 1.57 bits per heavy atom. The molecule has 0 atom stereocenters. The van der Waals surface area contributed by atoms with E-state index in [1.54, 1.807) is 22.7 Å². The van der Waals surface area contributed by atoms with Gasteiger partial charge in [0.1, 0.15) is 3.14 Å². The highest BCUT2D eigenvalue weighted by Gasteiger charge is 2.08. The second kappa shape index (κ2) is 11.4. The number of ether oxygens (including phenoxy) is 3. The van der Waals surface area contributed by atoms with Gasteiger partial charge in [0.15, 0.2) is 0 Å². The quantitative estimate of drug-likeness (QED) is 0.626.